The van der Waals surface area contributed by atoms with E-state index in [1.807, 2.05) is 26.0 Å². The number of methoxy groups -OCH3 is 1. The van der Waals surface area contributed by atoms with Crippen LogP contribution in [0.5, 0.6) is 0 Å². The maximum atomic E-state index is 11.5. The summed E-state index contributed by atoms with van der Waals surface area (Å²) in [6.45, 7) is 1.65. The molecule has 0 amide bonds. The molecule has 6 heteroatoms. The summed E-state index contributed by atoms with van der Waals surface area (Å²) in [5.74, 6) is 0.150. The Morgan fingerprint density at radius 3 is 2.61 bits per heavy atom. The molecular formula is C12H20N4O2. The van der Waals surface area contributed by atoms with Crippen molar-refractivity contribution in [2.45, 2.75) is 0 Å². The van der Waals surface area contributed by atoms with Crippen LogP contribution in [0.4, 0.5) is 11.5 Å². The number of esters is 1. The maximum absolute atomic E-state index is 11.5. The van der Waals surface area contributed by atoms with Gasteiger partial charge in [0.1, 0.15) is 0 Å². The molecule has 0 aliphatic rings. The molecule has 0 aliphatic heterocycles. The second-order valence-electron chi connectivity index (χ2n) is 4.31. The molecule has 0 aromatic carbocycles. The van der Waals surface area contributed by atoms with Crippen molar-refractivity contribution in [3.05, 3.63) is 17.8 Å². The highest BCUT2D eigenvalue weighted by Gasteiger charge is 2.16. The summed E-state index contributed by atoms with van der Waals surface area (Å²) >= 11 is 0. The Bertz CT molecular complexity index is 421. The van der Waals surface area contributed by atoms with Gasteiger partial charge in [0.25, 0.3) is 0 Å². The first kappa shape index (κ1) is 14.2. The molecule has 0 atom stereocenters. The highest BCUT2D eigenvalue weighted by atomic mass is 16.5. The maximum Gasteiger partial charge on any atom is 0.340 e. The molecule has 0 saturated carbocycles. The summed E-state index contributed by atoms with van der Waals surface area (Å²) in [6, 6.07) is 1.56. The van der Waals surface area contributed by atoms with Gasteiger partial charge in [0, 0.05) is 26.3 Å². The van der Waals surface area contributed by atoms with Crippen molar-refractivity contribution in [1.29, 1.82) is 0 Å². The number of hydrogen-bond donors (Lipinski definition) is 1. The van der Waals surface area contributed by atoms with E-state index in [9.17, 15) is 4.79 Å². The smallest absolute Gasteiger partial charge is 0.340 e. The number of likely N-dealkylation sites (N-methyl/N-ethyl adjacent to an activating group) is 2. The first-order valence-electron chi connectivity index (χ1n) is 5.66. The molecular weight excluding hydrogens is 232 g/mol. The van der Waals surface area contributed by atoms with Gasteiger partial charge in [-0.05, 0) is 20.2 Å². The molecule has 1 rings (SSSR count). The summed E-state index contributed by atoms with van der Waals surface area (Å²) in [6.07, 6.45) is 1.56. The number of nitrogens with zero attached hydrogens (tertiary/aromatic N) is 3. The number of aromatic nitrogens is 1. The minimum Gasteiger partial charge on any atom is -0.465 e. The van der Waals surface area contributed by atoms with Crippen molar-refractivity contribution in [3.63, 3.8) is 0 Å². The molecule has 100 valence electrons. The monoisotopic (exact) mass is 252 g/mol. The Hall–Kier alpha value is -1.82. The van der Waals surface area contributed by atoms with Crippen LogP contribution in [0.25, 0.3) is 0 Å². The molecule has 0 unspecified atom stereocenters. The summed E-state index contributed by atoms with van der Waals surface area (Å²) in [5, 5.41) is 0. The van der Waals surface area contributed by atoms with Gasteiger partial charge in [-0.2, -0.15) is 0 Å². The van der Waals surface area contributed by atoms with E-state index in [0.717, 1.165) is 13.1 Å². The fourth-order valence-corrected chi connectivity index (χ4v) is 1.51. The van der Waals surface area contributed by atoms with Crippen LogP contribution in [-0.4, -0.2) is 57.2 Å². The van der Waals surface area contributed by atoms with E-state index in [4.69, 9.17) is 5.73 Å². The van der Waals surface area contributed by atoms with E-state index in [-0.39, 0.29) is 0 Å². The lowest BCUT2D eigenvalue weighted by atomic mass is 10.2. The molecule has 1 aromatic rings. The SMILES string of the molecule is COC(=O)c1ccnc(N(C)CCN(C)C)c1N. The van der Waals surface area contributed by atoms with Crippen molar-refractivity contribution in [3.8, 4) is 0 Å². The van der Waals surface area contributed by atoms with Crippen LogP contribution >= 0.6 is 0 Å². The molecule has 0 spiro atoms. The predicted molar refractivity (Wildman–Crippen MR) is 71.8 cm³/mol. The van der Waals surface area contributed by atoms with Crippen molar-refractivity contribution in [2.75, 3.05) is 52.0 Å². The van der Waals surface area contributed by atoms with Crippen LogP contribution in [-0.2, 0) is 4.74 Å². The van der Waals surface area contributed by atoms with Gasteiger partial charge in [-0.1, -0.05) is 0 Å². The van der Waals surface area contributed by atoms with Crippen molar-refractivity contribution in [2.24, 2.45) is 0 Å². The zero-order valence-corrected chi connectivity index (χ0v) is 11.3. The number of ether oxygens (including phenoxy) is 1. The Balaban J connectivity index is 2.92. The molecule has 2 N–H and O–H groups in total. The standard InChI is InChI=1S/C12H20N4O2/c1-15(2)7-8-16(3)11-10(13)9(5-6-14-11)12(17)18-4/h5-6H,7-8,13H2,1-4H3. The van der Waals surface area contributed by atoms with Crippen molar-refractivity contribution < 1.29 is 9.53 Å². The summed E-state index contributed by atoms with van der Waals surface area (Å²) in [7, 11) is 7.21. The van der Waals surface area contributed by atoms with E-state index in [0.29, 0.717) is 17.1 Å². The lowest BCUT2D eigenvalue weighted by Crippen LogP contribution is -2.30. The topological polar surface area (TPSA) is 71.7 Å². The van der Waals surface area contributed by atoms with Crippen LogP contribution < -0.4 is 10.6 Å². The summed E-state index contributed by atoms with van der Waals surface area (Å²) in [4.78, 5) is 19.7. The van der Waals surface area contributed by atoms with Crippen LogP contribution in [0.1, 0.15) is 10.4 Å². The Labute approximate surface area is 107 Å². The predicted octanol–water partition coefficient (Wildman–Crippen LogP) is 0.448. The van der Waals surface area contributed by atoms with Gasteiger partial charge in [-0.15, -0.1) is 0 Å². The molecule has 1 aromatic heterocycles. The lowest BCUT2D eigenvalue weighted by Gasteiger charge is -2.22. The second kappa shape index (κ2) is 6.20. The number of anilines is 2. The van der Waals surface area contributed by atoms with E-state index in [2.05, 4.69) is 14.6 Å². The molecule has 0 bridgehead atoms. The highest BCUT2D eigenvalue weighted by molar-refractivity contribution is 5.97. The van der Waals surface area contributed by atoms with Gasteiger partial charge in [0.15, 0.2) is 5.82 Å². The second-order valence-corrected chi connectivity index (χ2v) is 4.31. The quantitative estimate of drug-likeness (QED) is 0.767. The zero-order chi connectivity index (χ0) is 13.7. The van der Waals surface area contributed by atoms with Crippen molar-refractivity contribution in [1.82, 2.24) is 9.88 Å². The molecule has 0 fully saturated rings. The third-order valence-electron chi connectivity index (χ3n) is 2.62. The number of carbonyl (C=O) groups is 1. The first-order valence-corrected chi connectivity index (χ1v) is 5.66. The third-order valence-corrected chi connectivity index (χ3v) is 2.62. The van der Waals surface area contributed by atoms with E-state index < -0.39 is 5.97 Å². The van der Waals surface area contributed by atoms with Crippen LogP contribution in [0.2, 0.25) is 0 Å². The molecule has 1 heterocycles. The molecule has 6 nitrogen and oxygen atoms in total. The summed E-state index contributed by atoms with van der Waals surface area (Å²) < 4.78 is 4.68. The van der Waals surface area contributed by atoms with E-state index >= 15 is 0 Å². The Morgan fingerprint density at radius 1 is 1.39 bits per heavy atom. The summed E-state index contributed by atoms with van der Waals surface area (Å²) in [5.41, 5.74) is 6.65. The molecule has 0 saturated heterocycles. The third kappa shape index (κ3) is 3.33. The first-order chi connectivity index (χ1) is 8.47. The minimum atomic E-state index is -0.447. The van der Waals surface area contributed by atoms with Gasteiger partial charge < -0.3 is 20.3 Å². The Morgan fingerprint density at radius 2 is 2.06 bits per heavy atom. The fraction of sp³-hybridized carbons (Fsp3) is 0.500. The van der Waals surface area contributed by atoms with E-state index in [1.165, 1.54) is 7.11 Å². The minimum absolute atomic E-state index is 0.346. The van der Waals surface area contributed by atoms with Crippen LogP contribution in [0.15, 0.2) is 12.3 Å². The van der Waals surface area contributed by atoms with Crippen LogP contribution in [0, 0.1) is 0 Å². The molecule has 18 heavy (non-hydrogen) atoms. The average Bonchev–Trinajstić information content (AvgIpc) is 2.35. The normalized spacial score (nSPS) is 10.5. The van der Waals surface area contributed by atoms with Crippen molar-refractivity contribution >= 4 is 17.5 Å². The average molecular weight is 252 g/mol. The highest BCUT2D eigenvalue weighted by Crippen LogP contribution is 2.23. The number of nitrogens with two attached hydrogens (primary N) is 1. The molecule has 0 radical (unpaired) electrons. The number of hydrogen-bond acceptors (Lipinski definition) is 6. The van der Waals surface area contributed by atoms with Gasteiger partial charge in [0.05, 0.1) is 18.4 Å². The van der Waals surface area contributed by atoms with Crippen LogP contribution in [0.3, 0.4) is 0 Å². The Kier molecular flexibility index (Phi) is 4.91. The lowest BCUT2D eigenvalue weighted by molar-refractivity contribution is 0.0602. The number of carbonyl (C=O) groups excluding carboxylic acids is 1. The number of pyridine rings is 1. The van der Waals surface area contributed by atoms with Gasteiger partial charge in [0.2, 0.25) is 0 Å². The molecule has 0 aliphatic carbocycles. The fourth-order valence-electron chi connectivity index (χ4n) is 1.51. The van der Waals surface area contributed by atoms with Gasteiger partial charge in [-0.25, -0.2) is 9.78 Å². The van der Waals surface area contributed by atoms with Gasteiger partial charge >= 0.3 is 5.97 Å². The largest absolute Gasteiger partial charge is 0.465 e. The number of nitrogen functional groups attached to an aromatic ring is 1. The van der Waals surface area contributed by atoms with E-state index in [1.54, 1.807) is 12.3 Å². The number of rotatable bonds is 5. The van der Waals surface area contributed by atoms with Gasteiger partial charge in [-0.3, -0.25) is 0 Å². The zero-order valence-electron chi connectivity index (χ0n) is 11.3.